The Bertz CT molecular complexity index is 783. The number of methoxy groups -OCH3 is 1. The Morgan fingerprint density at radius 2 is 2.11 bits per heavy atom. The molecule has 0 N–H and O–H groups in total. The van der Waals surface area contributed by atoms with E-state index in [1.807, 2.05) is 19.1 Å². The van der Waals surface area contributed by atoms with Gasteiger partial charge in [-0.1, -0.05) is 0 Å². The van der Waals surface area contributed by atoms with Crippen molar-refractivity contribution in [1.29, 1.82) is 0 Å². The molecule has 148 valence electrons. The van der Waals surface area contributed by atoms with Gasteiger partial charge in [0.2, 0.25) is 5.91 Å². The second kappa shape index (κ2) is 8.29. The minimum Gasteiger partial charge on any atom is -0.383 e. The van der Waals surface area contributed by atoms with Crippen molar-refractivity contribution >= 4 is 17.1 Å². The van der Waals surface area contributed by atoms with Crippen LogP contribution in [0.4, 0.5) is 8.78 Å². The normalized spacial score (nSPS) is 18.0. The van der Waals surface area contributed by atoms with Crippen molar-refractivity contribution < 1.29 is 18.3 Å². The number of carbonyl (C=O) groups is 1. The fraction of sp³-hybridized carbons (Fsp3) is 0.632. The molecule has 1 aliphatic heterocycles. The first-order chi connectivity index (χ1) is 12.9. The van der Waals surface area contributed by atoms with Crippen LogP contribution in [-0.2, 0) is 16.0 Å². The number of imidazole rings is 1. The molecule has 0 aliphatic carbocycles. The Balaban J connectivity index is 1.63. The molecule has 3 heterocycles. The summed E-state index contributed by atoms with van der Waals surface area (Å²) in [5.41, 5.74) is 1.63. The fourth-order valence-corrected chi connectivity index (χ4v) is 3.57. The van der Waals surface area contributed by atoms with Crippen molar-refractivity contribution in [2.45, 2.75) is 51.0 Å². The van der Waals surface area contributed by atoms with Gasteiger partial charge in [0, 0.05) is 52.1 Å². The van der Waals surface area contributed by atoms with Gasteiger partial charge < -0.3 is 14.2 Å². The number of amides is 1. The molecule has 27 heavy (non-hydrogen) atoms. The first kappa shape index (κ1) is 19.7. The molecule has 0 saturated carbocycles. The molecule has 3 rings (SSSR count). The second-order valence-electron chi connectivity index (χ2n) is 7.14. The summed E-state index contributed by atoms with van der Waals surface area (Å²) >= 11 is 0. The van der Waals surface area contributed by atoms with Crippen molar-refractivity contribution in [3.63, 3.8) is 0 Å². The quantitative estimate of drug-likeness (QED) is 0.740. The number of pyridine rings is 1. The summed E-state index contributed by atoms with van der Waals surface area (Å²) in [6, 6.07) is 3.84. The van der Waals surface area contributed by atoms with Crippen LogP contribution in [0.5, 0.6) is 0 Å². The number of nitrogens with zero attached hydrogens (tertiary/aromatic N) is 4. The first-order valence-corrected chi connectivity index (χ1v) is 9.37. The van der Waals surface area contributed by atoms with Crippen molar-refractivity contribution in [1.82, 2.24) is 19.4 Å². The van der Waals surface area contributed by atoms with E-state index in [4.69, 9.17) is 4.74 Å². The van der Waals surface area contributed by atoms with Crippen LogP contribution >= 0.6 is 0 Å². The minimum absolute atomic E-state index is 0.0590. The van der Waals surface area contributed by atoms with Crippen LogP contribution in [-0.4, -0.2) is 58.1 Å². The van der Waals surface area contributed by atoms with Crippen molar-refractivity contribution in [3.05, 3.63) is 24.2 Å². The van der Waals surface area contributed by atoms with E-state index in [0.29, 0.717) is 25.9 Å². The SMILES string of the molecule is COC[C@@H](C)n1c(CCCC(=O)N2CCC(F)(F)CC2)nc2cccnc21. The molecule has 2 aromatic rings. The number of hydrogen-bond donors (Lipinski definition) is 0. The third-order valence-corrected chi connectivity index (χ3v) is 5.01. The molecule has 1 atom stereocenters. The number of alkyl halides is 2. The lowest BCUT2D eigenvalue weighted by Crippen LogP contribution is -2.42. The number of fused-ring (bicyclic) bond motifs is 1. The second-order valence-corrected chi connectivity index (χ2v) is 7.14. The first-order valence-electron chi connectivity index (χ1n) is 9.37. The summed E-state index contributed by atoms with van der Waals surface area (Å²) in [5, 5.41) is 0. The Hall–Kier alpha value is -2.09. The van der Waals surface area contributed by atoms with E-state index in [1.165, 1.54) is 0 Å². The average Bonchev–Trinajstić information content (AvgIpc) is 3.00. The number of rotatable bonds is 7. The number of likely N-dealkylation sites (tertiary alicyclic amines) is 1. The summed E-state index contributed by atoms with van der Waals surface area (Å²) in [6.07, 6.45) is 2.83. The Morgan fingerprint density at radius 3 is 2.81 bits per heavy atom. The number of ether oxygens (including phenoxy) is 1. The van der Waals surface area contributed by atoms with E-state index in [2.05, 4.69) is 14.5 Å². The van der Waals surface area contributed by atoms with Crippen LogP contribution in [0.15, 0.2) is 18.3 Å². The summed E-state index contributed by atoms with van der Waals surface area (Å²) in [6.45, 7) is 2.86. The Morgan fingerprint density at radius 1 is 1.37 bits per heavy atom. The zero-order valence-corrected chi connectivity index (χ0v) is 15.8. The molecule has 8 heteroatoms. The van der Waals surface area contributed by atoms with Gasteiger partial charge in [-0.25, -0.2) is 18.7 Å². The zero-order chi connectivity index (χ0) is 19.4. The number of aromatic nitrogens is 3. The Kier molecular flexibility index (Phi) is 6.04. The predicted octanol–water partition coefficient (Wildman–Crippen LogP) is 3.22. The van der Waals surface area contributed by atoms with Gasteiger partial charge in [0.05, 0.1) is 12.6 Å². The van der Waals surface area contributed by atoms with Gasteiger partial charge in [0.15, 0.2) is 5.65 Å². The lowest BCUT2D eigenvalue weighted by atomic mass is 10.1. The molecule has 0 aromatic carbocycles. The minimum atomic E-state index is -2.63. The highest BCUT2D eigenvalue weighted by Gasteiger charge is 2.35. The molecule has 0 radical (unpaired) electrons. The monoisotopic (exact) mass is 380 g/mol. The standard InChI is InChI=1S/C19H26F2N4O2/c1-14(13-27-2)25-16(23-15-5-4-10-22-18(15)25)6-3-7-17(26)24-11-8-19(20,21)9-12-24/h4-5,10,14H,3,6-9,11-13H2,1-2H3/t14-/m1/s1. The van der Waals surface area contributed by atoms with Crippen LogP contribution in [0.25, 0.3) is 11.2 Å². The highest BCUT2D eigenvalue weighted by atomic mass is 19.3. The predicted molar refractivity (Wildman–Crippen MR) is 97.8 cm³/mol. The van der Waals surface area contributed by atoms with Crippen LogP contribution in [0, 0.1) is 0 Å². The molecule has 0 spiro atoms. The van der Waals surface area contributed by atoms with E-state index in [9.17, 15) is 13.6 Å². The summed E-state index contributed by atoms with van der Waals surface area (Å²) in [5.74, 6) is -1.82. The largest absolute Gasteiger partial charge is 0.383 e. The molecule has 1 saturated heterocycles. The van der Waals surface area contributed by atoms with E-state index in [1.54, 1.807) is 18.2 Å². The number of carbonyl (C=O) groups excluding carboxylic acids is 1. The van der Waals surface area contributed by atoms with Crippen molar-refractivity contribution in [2.75, 3.05) is 26.8 Å². The van der Waals surface area contributed by atoms with E-state index in [-0.39, 0.29) is 37.9 Å². The van der Waals surface area contributed by atoms with Crippen LogP contribution in [0.3, 0.4) is 0 Å². The maximum atomic E-state index is 13.2. The topological polar surface area (TPSA) is 60.2 Å². The van der Waals surface area contributed by atoms with Gasteiger partial charge in [-0.2, -0.15) is 0 Å². The van der Waals surface area contributed by atoms with E-state index < -0.39 is 5.92 Å². The smallest absolute Gasteiger partial charge is 0.251 e. The molecule has 2 aromatic heterocycles. The van der Waals surface area contributed by atoms with Crippen LogP contribution in [0.1, 0.15) is 44.5 Å². The highest BCUT2D eigenvalue weighted by molar-refractivity contribution is 5.76. The average molecular weight is 380 g/mol. The van der Waals surface area contributed by atoms with Gasteiger partial charge in [-0.15, -0.1) is 0 Å². The number of piperidine rings is 1. The summed E-state index contributed by atoms with van der Waals surface area (Å²) in [7, 11) is 1.66. The van der Waals surface area contributed by atoms with E-state index in [0.717, 1.165) is 17.0 Å². The maximum absolute atomic E-state index is 13.2. The lowest BCUT2D eigenvalue weighted by Gasteiger charge is -2.31. The number of hydrogen-bond acceptors (Lipinski definition) is 4. The molecule has 1 amide bonds. The van der Waals surface area contributed by atoms with Crippen LogP contribution in [0.2, 0.25) is 0 Å². The number of halogens is 2. The maximum Gasteiger partial charge on any atom is 0.251 e. The van der Waals surface area contributed by atoms with Gasteiger partial charge in [-0.3, -0.25) is 4.79 Å². The van der Waals surface area contributed by atoms with Gasteiger partial charge in [-0.05, 0) is 25.5 Å². The molecular formula is C19H26F2N4O2. The molecular weight excluding hydrogens is 354 g/mol. The van der Waals surface area contributed by atoms with Gasteiger partial charge >= 0.3 is 0 Å². The summed E-state index contributed by atoms with van der Waals surface area (Å²) < 4.78 is 33.8. The lowest BCUT2D eigenvalue weighted by molar-refractivity contribution is -0.137. The summed E-state index contributed by atoms with van der Waals surface area (Å²) in [4.78, 5) is 23.0. The molecule has 1 fully saturated rings. The van der Waals surface area contributed by atoms with E-state index >= 15 is 0 Å². The zero-order valence-electron chi connectivity index (χ0n) is 15.8. The fourth-order valence-electron chi connectivity index (χ4n) is 3.57. The molecule has 0 unspecified atom stereocenters. The van der Waals surface area contributed by atoms with Crippen molar-refractivity contribution in [2.24, 2.45) is 0 Å². The highest BCUT2D eigenvalue weighted by Crippen LogP contribution is 2.28. The number of aryl methyl sites for hydroxylation is 1. The van der Waals surface area contributed by atoms with Gasteiger partial charge in [0.1, 0.15) is 11.3 Å². The Labute approximate surface area is 157 Å². The van der Waals surface area contributed by atoms with Gasteiger partial charge in [0.25, 0.3) is 5.92 Å². The van der Waals surface area contributed by atoms with Crippen LogP contribution < -0.4 is 0 Å². The molecule has 6 nitrogen and oxygen atoms in total. The molecule has 1 aliphatic rings. The molecule has 0 bridgehead atoms. The third-order valence-electron chi connectivity index (χ3n) is 5.01. The third kappa shape index (κ3) is 4.61. The van der Waals surface area contributed by atoms with Crippen molar-refractivity contribution in [3.8, 4) is 0 Å².